The van der Waals surface area contributed by atoms with E-state index in [1.54, 1.807) is 11.0 Å². The highest BCUT2D eigenvalue weighted by molar-refractivity contribution is 5.92. The molecule has 26 heavy (non-hydrogen) atoms. The molecule has 2 aromatic rings. The van der Waals surface area contributed by atoms with Crippen LogP contribution in [0, 0.1) is 6.92 Å². The summed E-state index contributed by atoms with van der Waals surface area (Å²) < 4.78 is 11.1. The van der Waals surface area contributed by atoms with Crippen LogP contribution in [0.15, 0.2) is 34.9 Å². The number of benzene rings is 1. The van der Waals surface area contributed by atoms with Gasteiger partial charge in [0.05, 0.1) is 6.54 Å². The summed E-state index contributed by atoms with van der Waals surface area (Å²) in [6.07, 6.45) is 3.53. The lowest BCUT2D eigenvalue weighted by atomic mass is 9.93. The Bertz CT molecular complexity index is 799. The standard InChI is InChI=1S/C20H24N2O4/c1-14-4-2-5-16(10-14)25-13-20(24)8-3-9-22(12-20)19(23)17-11-18(26-21-17)15-6-7-15/h2,4-5,10-11,15,24H,3,6-9,12-13H2,1H3/t20-/m1/s1. The topological polar surface area (TPSA) is 75.8 Å². The lowest BCUT2D eigenvalue weighted by Gasteiger charge is -2.38. The fourth-order valence-electron chi connectivity index (χ4n) is 3.44. The molecule has 1 N–H and O–H groups in total. The molecule has 0 radical (unpaired) electrons. The summed E-state index contributed by atoms with van der Waals surface area (Å²) in [6.45, 7) is 3.00. The van der Waals surface area contributed by atoms with Gasteiger partial charge in [0, 0.05) is 18.5 Å². The number of piperidine rings is 1. The SMILES string of the molecule is Cc1cccc(OC[C@@]2(O)CCCN(C(=O)c3cc(C4CC4)on3)C2)c1. The van der Waals surface area contributed by atoms with Gasteiger partial charge in [-0.05, 0) is 50.3 Å². The van der Waals surface area contributed by atoms with E-state index >= 15 is 0 Å². The van der Waals surface area contributed by atoms with E-state index in [1.807, 2.05) is 31.2 Å². The van der Waals surface area contributed by atoms with Gasteiger partial charge < -0.3 is 19.3 Å². The summed E-state index contributed by atoms with van der Waals surface area (Å²) in [5, 5.41) is 14.8. The fraction of sp³-hybridized carbons (Fsp3) is 0.500. The van der Waals surface area contributed by atoms with Crippen molar-refractivity contribution in [3.8, 4) is 5.75 Å². The minimum Gasteiger partial charge on any atom is -0.491 e. The third kappa shape index (κ3) is 3.75. The number of hydrogen-bond donors (Lipinski definition) is 1. The van der Waals surface area contributed by atoms with E-state index < -0.39 is 5.60 Å². The molecule has 2 fully saturated rings. The summed E-state index contributed by atoms with van der Waals surface area (Å²) in [5.41, 5.74) is 0.379. The number of β-amino-alcohol motifs (C(OH)–C–C–N with tert-alkyl or cyclic N) is 1. The van der Waals surface area contributed by atoms with Gasteiger partial charge in [0.1, 0.15) is 23.7 Å². The first kappa shape index (κ1) is 17.1. The lowest BCUT2D eigenvalue weighted by molar-refractivity contribution is -0.0533. The Labute approximate surface area is 152 Å². The van der Waals surface area contributed by atoms with Crippen LogP contribution in [0.1, 0.15) is 53.4 Å². The number of aliphatic hydroxyl groups is 1. The van der Waals surface area contributed by atoms with Crippen molar-refractivity contribution in [3.63, 3.8) is 0 Å². The molecule has 1 saturated carbocycles. The molecule has 1 amide bonds. The molecule has 1 aliphatic carbocycles. The number of aryl methyl sites for hydroxylation is 1. The Balaban J connectivity index is 1.39. The van der Waals surface area contributed by atoms with Gasteiger partial charge in [0.15, 0.2) is 5.69 Å². The van der Waals surface area contributed by atoms with Gasteiger partial charge in [-0.1, -0.05) is 17.3 Å². The van der Waals surface area contributed by atoms with Crippen molar-refractivity contribution < 1.29 is 19.2 Å². The normalized spacial score (nSPS) is 23.1. The minimum atomic E-state index is -1.05. The van der Waals surface area contributed by atoms with Crippen LogP contribution in [0.5, 0.6) is 5.75 Å². The van der Waals surface area contributed by atoms with E-state index in [2.05, 4.69) is 5.16 Å². The second-order valence-electron chi connectivity index (χ2n) is 7.55. The molecule has 138 valence electrons. The Morgan fingerprint density at radius 1 is 1.42 bits per heavy atom. The molecule has 1 aliphatic heterocycles. The molecule has 6 nitrogen and oxygen atoms in total. The maximum absolute atomic E-state index is 12.7. The van der Waals surface area contributed by atoms with E-state index in [1.165, 1.54) is 0 Å². The molecule has 2 heterocycles. The van der Waals surface area contributed by atoms with Crippen molar-refractivity contribution in [2.45, 2.75) is 44.1 Å². The molecular formula is C20H24N2O4. The number of hydrogen-bond acceptors (Lipinski definition) is 5. The molecule has 1 aromatic carbocycles. The van der Waals surface area contributed by atoms with Crippen LogP contribution in [-0.2, 0) is 0 Å². The molecule has 1 aromatic heterocycles. The number of aromatic nitrogens is 1. The van der Waals surface area contributed by atoms with Crippen LogP contribution < -0.4 is 4.74 Å². The number of rotatable bonds is 5. The third-order valence-electron chi connectivity index (χ3n) is 5.07. The van der Waals surface area contributed by atoms with Crippen molar-refractivity contribution >= 4 is 5.91 Å². The zero-order valence-electron chi connectivity index (χ0n) is 15.0. The van der Waals surface area contributed by atoms with Crippen LogP contribution in [0.3, 0.4) is 0 Å². The Morgan fingerprint density at radius 3 is 3.04 bits per heavy atom. The third-order valence-corrected chi connectivity index (χ3v) is 5.07. The lowest BCUT2D eigenvalue weighted by Crippen LogP contribution is -2.53. The van der Waals surface area contributed by atoms with Gasteiger partial charge in [0.25, 0.3) is 5.91 Å². The zero-order chi connectivity index (χ0) is 18.1. The smallest absolute Gasteiger partial charge is 0.276 e. The van der Waals surface area contributed by atoms with Crippen LogP contribution in [0.25, 0.3) is 0 Å². The highest BCUT2D eigenvalue weighted by Crippen LogP contribution is 2.40. The van der Waals surface area contributed by atoms with Crippen LogP contribution >= 0.6 is 0 Å². The summed E-state index contributed by atoms with van der Waals surface area (Å²) in [4.78, 5) is 14.4. The van der Waals surface area contributed by atoms with Gasteiger partial charge in [-0.3, -0.25) is 4.79 Å². The van der Waals surface area contributed by atoms with Gasteiger partial charge in [-0.2, -0.15) is 0 Å². The molecular weight excluding hydrogens is 332 g/mol. The van der Waals surface area contributed by atoms with Crippen molar-refractivity contribution in [2.75, 3.05) is 19.7 Å². The number of ether oxygens (including phenoxy) is 1. The van der Waals surface area contributed by atoms with Gasteiger partial charge in [0.2, 0.25) is 0 Å². The van der Waals surface area contributed by atoms with Crippen LogP contribution in [-0.4, -0.2) is 46.4 Å². The number of carbonyl (C=O) groups is 1. The van der Waals surface area contributed by atoms with E-state index in [-0.39, 0.29) is 19.1 Å². The quantitative estimate of drug-likeness (QED) is 0.891. The molecule has 2 aliphatic rings. The molecule has 0 bridgehead atoms. The predicted octanol–water partition coefficient (Wildman–Crippen LogP) is 2.91. The Kier molecular flexibility index (Phi) is 4.44. The van der Waals surface area contributed by atoms with Crippen molar-refractivity contribution in [2.24, 2.45) is 0 Å². The van der Waals surface area contributed by atoms with Crippen molar-refractivity contribution in [1.82, 2.24) is 10.1 Å². The van der Waals surface area contributed by atoms with Gasteiger partial charge >= 0.3 is 0 Å². The number of amides is 1. The van der Waals surface area contributed by atoms with Crippen molar-refractivity contribution in [3.05, 3.63) is 47.3 Å². The van der Waals surface area contributed by atoms with Crippen LogP contribution in [0.4, 0.5) is 0 Å². The van der Waals surface area contributed by atoms with Crippen molar-refractivity contribution in [1.29, 1.82) is 0 Å². The first-order valence-corrected chi connectivity index (χ1v) is 9.20. The molecule has 4 rings (SSSR count). The van der Waals surface area contributed by atoms with Gasteiger partial charge in [-0.15, -0.1) is 0 Å². The summed E-state index contributed by atoms with van der Waals surface area (Å²) in [7, 11) is 0. The molecule has 6 heteroatoms. The molecule has 1 atom stereocenters. The minimum absolute atomic E-state index is 0.159. The monoisotopic (exact) mass is 356 g/mol. The second kappa shape index (κ2) is 6.76. The maximum atomic E-state index is 12.7. The number of nitrogens with zero attached hydrogens (tertiary/aromatic N) is 2. The fourth-order valence-corrected chi connectivity index (χ4v) is 3.44. The average molecular weight is 356 g/mol. The largest absolute Gasteiger partial charge is 0.491 e. The maximum Gasteiger partial charge on any atom is 0.276 e. The zero-order valence-corrected chi connectivity index (χ0v) is 15.0. The second-order valence-corrected chi connectivity index (χ2v) is 7.55. The van der Waals surface area contributed by atoms with E-state index in [9.17, 15) is 9.90 Å². The van der Waals surface area contributed by atoms with Crippen LogP contribution in [0.2, 0.25) is 0 Å². The molecule has 0 unspecified atom stereocenters. The molecule has 1 saturated heterocycles. The Hall–Kier alpha value is -2.34. The number of likely N-dealkylation sites (tertiary alicyclic amines) is 1. The van der Waals surface area contributed by atoms with E-state index in [0.29, 0.717) is 24.6 Å². The first-order chi connectivity index (χ1) is 12.5. The first-order valence-electron chi connectivity index (χ1n) is 9.20. The number of carbonyl (C=O) groups excluding carboxylic acids is 1. The average Bonchev–Trinajstić information content (AvgIpc) is 3.37. The highest BCUT2D eigenvalue weighted by atomic mass is 16.5. The molecule has 0 spiro atoms. The summed E-state index contributed by atoms with van der Waals surface area (Å²) >= 11 is 0. The highest BCUT2D eigenvalue weighted by Gasteiger charge is 2.37. The van der Waals surface area contributed by atoms with Gasteiger partial charge in [-0.25, -0.2) is 0 Å². The van der Waals surface area contributed by atoms with E-state index in [0.717, 1.165) is 36.3 Å². The predicted molar refractivity (Wildman–Crippen MR) is 95.2 cm³/mol. The summed E-state index contributed by atoms with van der Waals surface area (Å²) in [6, 6.07) is 9.47. The summed E-state index contributed by atoms with van der Waals surface area (Å²) in [5.74, 6) is 1.76. The Morgan fingerprint density at radius 2 is 2.27 bits per heavy atom. The van der Waals surface area contributed by atoms with E-state index in [4.69, 9.17) is 9.26 Å².